The third-order valence-corrected chi connectivity index (χ3v) is 5.85. The Morgan fingerprint density at radius 2 is 1.85 bits per heavy atom. The molecule has 0 atom stereocenters. The molecule has 7 heteroatoms. The van der Waals surface area contributed by atoms with Gasteiger partial charge in [-0.15, -0.1) is 0 Å². The van der Waals surface area contributed by atoms with Crippen LogP contribution in [0.25, 0.3) is 33.3 Å². The lowest BCUT2D eigenvalue weighted by atomic mass is 9.99. The second kappa shape index (κ2) is 8.26. The standard InChI is InChI=1S/C26H25N5O2/c1-26(2)15-31(10-11-33-26)25(32)19-5-3-4-18(12-19)24-21-13-17(6-8-22(21)29-16-30-24)20-7-9-23(27)28-14-20/h3-9,12-14,16H,10-11,15H2,1-2H3,(H2,27,28). The van der Waals surface area contributed by atoms with Gasteiger partial charge in [0.2, 0.25) is 0 Å². The molecule has 1 fully saturated rings. The highest BCUT2D eigenvalue weighted by atomic mass is 16.5. The van der Waals surface area contributed by atoms with E-state index < -0.39 is 0 Å². The van der Waals surface area contributed by atoms with Crippen LogP contribution in [-0.2, 0) is 4.74 Å². The summed E-state index contributed by atoms with van der Waals surface area (Å²) in [6.45, 7) is 5.69. The van der Waals surface area contributed by atoms with Gasteiger partial charge in [-0.05, 0) is 55.8 Å². The minimum absolute atomic E-state index is 0.000208. The number of aromatic nitrogens is 3. The zero-order valence-corrected chi connectivity index (χ0v) is 18.7. The molecule has 0 saturated carbocycles. The van der Waals surface area contributed by atoms with Crippen molar-refractivity contribution in [2.75, 3.05) is 25.4 Å². The van der Waals surface area contributed by atoms with Crippen LogP contribution in [0.1, 0.15) is 24.2 Å². The third kappa shape index (κ3) is 4.27. The monoisotopic (exact) mass is 439 g/mol. The summed E-state index contributed by atoms with van der Waals surface area (Å²) in [5.41, 5.74) is 10.5. The van der Waals surface area contributed by atoms with Gasteiger partial charge in [0.15, 0.2) is 0 Å². The topological polar surface area (TPSA) is 94.2 Å². The number of hydrogen-bond donors (Lipinski definition) is 1. The number of benzene rings is 2. The van der Waals surface area contributed by atoms with Gasteiger partial charge in [0.25, 0.3) is 5.91 Å². The van der Waals surface area contributed by atoms with Gasteiger partial charge >= 0.3 is 0 Å². The normalized spacial score (nSPS) is 15.5. The minimum Gasteiger partial charge on any atom is -0.384 e. The van der Waals surface area contributed by atoms with Crippen LogP contribution in [0.15, 0.2) is 67.1 Å². The van der Waals surface area contributed by atoms with Crippen molar-refractivity contribution in [2.24, 2.45) is 0 Å². The van der Waals surface area contributed by atoms with Crippen molar-refractivity contribution in [3.8, 4) is 22.4 Å². The molecule has 2 N–H and O–H groups in total. The summed E-state index contributed by atoms with van der Waals surface area (Å²) in [6, 6.07) is 17.4. The second-order valence-electron chi connectivity index (χ2n) is 8.84. The Bertz CT molecular complexity index is 1330. The number of nitrogens with zero attached hydrogens (tertiary/aromatic N) is 4. The Kier molecular flexibility index (Phi) is 5.26. The smallest absolute Gasteiger partial charge is 0.254 e. The number of rotatable bonds is 3. The molecule has 0 radical (unpaired) electrons. The van der Waals surface area contributed by atoms with E-state index in [1.165, 1.54) is 0 Å². The fraction of sp³-hybridized carbons (Fsp3) is 0.231. The molecule has 1 aliphatic rings. The van der Waals surface area contributed by atoms with Crippen LogP contribution in [0.4, 0.5) is 5.82 Å². The van der Waals surface area contributed by atoms with Crippen LogP contribution in [-0.4, -0.2) is 51.1 Å². The van der Waals surface area contributed by atoms with Crippen molar-refractivity contribution >= 4 is 22.6 Å². The van der Waals surface area contributed by atoms with Crippen LogP contribution in [0.3, 0.4) is 0 Å². The number of pyridine rings is 1. The fourth-order valence-corrected chi connectivity index (χ4v) is 4.21. The number of anilines is 1. The van der Waals surface area contributed by atoms with Crippen molar-refractivity contribution in [3.63, 3.8) is 0 Å². The third-order valence-electron chi connectivity index (χ3n) is 5.85. The van der Waals surface area contributed by atoms with E-state index in [2.05, 4.69) is 21.0 Å². The van der Waals surface area contributed by atoms with Gasteiger partial charge in [0.1, 0.15) is 12.1 Å². The van der Waals surface area contributed by atoms with E-state index in [1.807, 2.05) is 61.2 Å². The fourth-order valence-electron chi connectivity index (χ4n) is 4.21. The summed E-state index contributed by atoms with van der Waals surface area (Å²) < 4.78 is 5.75. The zero-order valence-electron chi connectivity index (χ0n) is 18.7. The summed E-state index contributed by atoms with van der Waals surface area (Å²) in [4.78, 5) is 28.3. The number of morpholine rings is 1. The number of ether oxygens (including phenoxy) is 1. The first-order valence-corrected chi connectivity index (χ1v) is 10.9. The number of carbonyl (C=O) groups excluding carboxylic acids is 1. The lowest BCUT2D eigenvalue weighted by Crippen LogP contribution is -2.50. The van der Waals surface area contributed by atoms with Crippen LogP contribution in [0.2, 0.25) is 0 Å². The maximum Gasteiger partial charge on any atom is 0.254 e. The van der Waals surface area contributed by atoms with E-state index in [0.29, 0.717) is 31.1 Å². The first-order chi connectivity index (χ1) is 15.9. The molecule has 2 aromatic carbocycles. The van der Waals surface area contributed by atoms with E-state index in [4.69, 9.17) is 10.5 Å². The molecule has 1 saturated heterocycles. The molecule has 1 aliphatic heterocycles. The predicted octanol–water partition coefficient (Wildman–Crippen LogP) is 4.19. The molecule has 2 aromatic heterocycles. The lowest BCUT2D eigenvalue weighted by molar-refractivity contribution is -0.0764. The Labute approximate surface area is 192 Å². The van der Waals surface area contributed by atoms with Gasteiger partial charge in [-0.25, -0.2) is 15.0 Å². The predicted molar refractivity (Wildman–Crippen MR) is 129 cm³/mol. The van der Waals surface area contributed by atoms with Crippen molar-refractivity contribution in [3.05, 3.63) is 72.7 Å². The molecular formula is C26H25N5O2. The first-order valence-electron chi connectivity index (χ1n) is 10.9. The quantitative estimate of drug-likeness (QED) is 0.514. The molecular weight excluding hydrogens is 414 g/mol. The molecule has 0 aliphatic carbocycles. The summed E-state index contributed by atoms with van der Waals surface area (Å²) in [5, 5.41) is 0.906. The van der Waals surface area contributed by atoms with Crippen molar-refractivity contribution in [1.82, 2.24) is 19.9 Å². The zero-order chi connectivity index (χ0) is 23.0. The highest BCUT2D eigenvalue weighted by molar-refractivity contribution is 5.98. The molecule has 0 bridgehead atoms. The van der Waals surface area contributed by atoms with Crippen molar-refractivity contribution in [2.45, 2.75) is 19.4 Å². The average molecular weight is 440 g/mol. The van der Waals surface area contributed by atoms with Gasteiger partial charge in [0.05, 0.1) is 23.4 Å². The van der Waals surface area contributed by atoms with Gasteiger partial charge < -0.3 is 15.4 Å². The Balaban J connectivity index is 1.53. The number of fused-ring (bicyclic) bond motifs is 1. The molecule has 4 aromatic rings. The first kappa shape index (κ1) is 21.0. The molecule has 7 nitrogen and oxygen atoms in total. The van der Waals surface area contributed by atoms with E-state index in [9.17, 15) is 4.79 Å². The van der Waals surface area contributed by atoms with Gasteiger partial charge in [-0.3, -0.25) is 4.79 Å². The van der Waals surface area contributed by atoms with Crippen LogP contribution in [0, 0.1) is 0 Å². The average Bonchev–Trinajstić information content (AvgIpc) is 2.83. The molecule has 3 heterocycles. The SMILES string of the molecule is CC1(C)CN(C(=O)c2cccc(-c3ncnc4ccc(-c5ccc(N)nc5)cc34)c2)CCO1. The number of nitrogen functional groups attached to an aromatic ring is 1. The number of nitrogens with two attached hydrogens (primary N) is 1. The Hall–Kier alpha value is -3.84. The minimum atomic E-state index is -0.345. The molecule has 5 rings (SSSR count). The van der Waals surface area contributed by atoms with Gasteiger partial charge in [0, 0.05) is 41.4 Å². The molecule has 1 amide bonds. The number of amides is 1. The van der Waals surface area contributed by atoms with E-state index >= 15 is 0 Å². The maximum absolute atomic E-state index is 13.2. The van der Waals surface area contributed by atoms with Gasteiger partial charge in [-0.2, -0.15) is 0 Å². The molecule has 33 heavy (non-hydrogen) atoms. The maximum atomic E-state index is 13.2. The van der Waals surface area contributed by atoms with Crippen molar-refractivity contribution in [1.29, 1.82) is 0 Å². The summed E-state index contributed by atoms with van der Waals surface area (Å²) in [7, 11) is 0. The number of hydrogen-bond acceptors (Lipinski definition) is 6. The molecule has 166 valence electrons. The second-order valence-corrected chi connectivity index (χ2v) is 8.84. The Morgan fingerprint density at radius 3 is 2.64 bits per heavy atom. The van der Waals surface area contributed by atoms with E-state index in [0.717, 1.165) is 33.3 Å². The van der Waals surface area contributed by atoms with E-state index in [-0.39, 0.29) is 11.5 Å². The highest BCUT2D eigenvalue weighted by Crippen LogP contribution is 2.30. The van der Waals surface area contributed by atoms with Gasteiger partial charge in [-0.1, -0.05) is 18.2 Å². The van der Waals surface area contributed by atoms with Crippen LogP contribution >= 0.6 is 0 Å². The summed E-state index contributed by atoms with van der Waals surface area (Å²) in [6.07, 6.45) is 3.31. The molecule has 0 unspecified atom stereocenters. The lowest BCUT2D eigenvalue weighted by Gasteiger charge is -2.38. The largest absolute Gasteiger partial charge is 0.384 e. The van der Waals surface area contributed by atoms with E-state index in [1.54, 1.807) is 18.6 Å². The summed E-state index contributed by atoms with van der Waals surface area (Å²) in [5.74, 6) is 0.480. The summed E-state index contributed by atoms with van der Waals surface area (Å²) >= 11 is 0. The highest BCUT2D eigenvalue weighted by Gasteiger charge is 2.30. The van der Waals surface area contributed by atoms with Crippen molar-refractivity contribution < 1.29 is 9.53 Å². The van der Waals surface area contributed by atoms with Crippen LogP contribution < -0.4 is 5.73 Å². The molecule has 0 spiro atoms. The van der Waals surface area contributed by atoms with Crippen LogP contribution in [0.5, 0.6) is 0 Å². The number of carbonyl (C=O) groups is 1. The Morgan fingerprint density at radius 1 is 1.00 bits per heavy atom.